The Morgan fingerprint density at radius 1 is 0.813 bits per heavy atom. The number of carbonyl (C=O) groups is 2. The molecule has 1 saturated carbocycles. The van der Waals surface area contributed by atoms with Crippen molar-refractivity contribution in [3.63, 3.8) is 0 Å². The Bertz CT molecular complexity index is 4630. The molecule has 5 aliphatic heterocycles. The van der Waals surface area contributed by atoms with Crippen LogP contribution in [-0.2, 0) is 33.2 Å². The number of cyclic esters (lactones) is 1. The molecule has 0 amide bonds. The van der Waals surface area contributed by atoms with Crippen LogP contribution >= 0.6 is 23.2 Å². The number of piperazine rings is 1. The molecule has 4 aromatic carbocycles. The van der Waals surface area contributed by atoms with Crippen molar-refractivity contribution in [2.24, 2.45) is 22.7 Å². The van der Waals surface area contributed by atoms with Crippen molar-refractivity contribution >= 4 is 74.1 Å². The Kier molecular flexibility index (Phi) is 36.3. The zero-order valence-electron chi connectivity index (χ0n) is 74.8. The maximum atomic E-state index is 14.6. The number of aliphatic hydroxyl groups excluding tert-OH is 5. The van der Waals surface area contributed by atoms with Crippen molar-refractivity contribution in [1.82, 2.24) is 39.9 Å². The summed E-state index contributed by atoms with van der Waals surface area (Å²) in [6, 6.07) is 30.6. The van der Waals surface area contributed by atoms with Gasteiger partial charge in [-0.15, -0.1) is 0 Å². The van der Waals surface area contributed by atoms with Crippen molar-refractivity contribution < 1.29 is 83.3 Å². The molecule has 0 spiro atoms. The number of nitrogens with one attached hydrogen (secondary N) is 4. The van der Waals surface area contributed by atoms with Gasteiger partial charge in [0.2, 0.25) is 5.43 Å². The lowest BCUT2D eigenvalue weighted by molar-refractivity contribution is -0.318. The van der Waals surface area contributed by atoms with Crippen LogP contribution in [0.2, 0.25) is 10.0 Å². The van der Waals surface area contributed by atoms with E-state index in [0.29, 0.717) is 47.3 Å². The van der Waals surface area contributed by atoms with Crippen LogP contribution < -0.4 is 37.0 Å². The number of aromatic carboxylic acids is 1. The number of aromatic nitrogens is 3. The Labute approximate surface area is 733 Å². The summed E-state index contributed by atoms with van der Waals surface area (Å²) in [5.41, 5.74) is 2.38. The predicted octanol–water partition coefficient (Wildman–Crippen LogP) is 10.7. The first-order valence-corrected chi connectivity index (χ1v) is 44.3. The van der Waals surface area contributed by atoms with Gasteiger partial charge in [-0.2, -0.15) is 0 Å². The van der Waals surface area contributed by atoms with Crippen LogP contribution in [0.4, 0.5) is 21.5 Å². The van der Waals surface area contributed by atoms with Crippen LogP contribution in [0.5, 0.6) is 0 Å². The summed E-state index contributed by atoms with van der Waals surface area (Å²) < 4.78 is 56.2. The van der Waals surface area contributed by atoms with Crippen molar-refractivity contribution in [1.29, 1.82) is 0 Å². The van der Waals surface area contributed by atoms with Crippen LogP contribution in [0.1, 0.15) is 165 Å². The number of carboxylic acids is 1. The Balaban J connectivity index is 0.000000205. The number of likely N-dealkylation sites (N-methyl/N-ethyl adjacent to an activating group) is 2. The van der Waals surface area contributed by atoms with Gasteiger partial charge in [0, 0.05) is 135 Å². The highest BCUT2D eigenvalue weighted by atomic mass is 35.5. The third kappa shape index (κ3) is 25.3. The second kappa shape index (κ2) is 44.7. The van der Waals surface area contributed by atoms with Gasteiger partial charge in [0.15, 0.2) is 12.6 Å². The lowest BCUT2D eigenvalue weighted by atomic mass is 9.77. The fraction of sp³-hybridized carbons (Fsp3) is 0.620. The Hall–Kier alpha value is -6.92. The minimum Gasteiger partial charge on any atom is -0.477 e. The summed E-state index contributed by atoms with van der Waals surface area (Å²) in [6.07, 6.45) is -3.02. The number of carbonyl (C=O) groups excluding carboxylic acids is 1. The topological polar surface area (TPSA) is 361 Å². The first kappa shape index (κ1) is 99.9. The monoisotopic (exact) mass is 1760 g/mol. The molecular weight excluding hydrogens is 1620 g/mol. The summed E-state index contributed by atoms with van der Waals surface area (Å²) in [5.74, 6) is -4.34. The van der Waals surface area contributed by atoms with Gasteiger partial charge in [0.25, 0.3) is 0 Å². The van der Waals surface area contributed by atoms with E-state index in [2.05, 4.69) is 57.9 Å². The molecule has 123 heavy (non-hydrogen) atoms. The summed E-state index contributed by atoms with van der Waals surface area (Å²) in [7, 11) is 7.12. The number of fused-ring (bicyclic) bond motifs is 3. The molecule has 0 radical (unpaired) electrons. The van der Waals surface area contributed by atoms with Crippen LogP contribution in [0.15, 0.2) is 113 Å². The van der Waals surface area contributed by atoms with Gasteiger partial charge in [-0.3, -0.25) is 14.6 Å². The van der Waals surface area contributed by atoms with Gasteiger partial charge in [-0.25, -0.2) is 14.2 Å². The number of carboxylic acid groups (broad SMARTS) is 1. The van der Waals surface area contributed by atoms with Gasteiger partial charge in [-0.1, -0.05) is 70.0 Å². The number of benzene rings is 5. The number of nitrogens with zero attached hydrogens (tertiary/aromatic N) is 7. The molecule has 28 nitrogen and oxygen atoms in total. The average molecular weight is 1760 g/mol. The van der Waals surface area contributed by atoms with Crippen molar-refractivity contribution in [3.05, 3.63) is 140 Å². The minimum atomic E-state index is -1.80. The maximum Gasteiger partial charge on any atom is 0.341 e. The van der Waals surface area contributed by atoms with Crippen LogP contribution in [0, 0.1) is 23.6 Å². The Morgan fingerprint density at radius 3 is 2.00 bits per heavy atom. The standard InChI is InChI=1S/C38H72N2O12.C27H22Cl2N4.C17H18FN3O3.C10H24N2O2/c1-15-27-38(10,46)31(42)24(6)40(13)19-20(2)17-36(8,45)33(52-35-29(41)26(39(11)12)16-21(3)48-35)22(4)30(23(5)34(44)50-27)51-28-18-37(9,47-14)32(43)25(7)49-28;1-17(2)30-24-16-27-25(15-23(24)31-20-11-7-18(28)8-12-20)32-22-5-3-4-6-26(22)33(27)21-13-9-19(29)10-14-21;18-13-7-11-14(8-15(13)20-5-3-19-4-6-20)21(10-1-2-10)9-12(16(11)22)17(23)24;1-3-9(7-13)11-5-6-12-10(4-2)8-14/h20-33,35,41-43,45-46H,15-19H2,1-14H3;3-17,31H,1-2H3;7-10,19H,1-6H2,(H,23,24);9-14H,3-8H2,1-2H3/t20-,21-,22+,23-,24-,25+,26+,27-,28+,29-,30+,31-,32+,33-,35+,36-,37-,38-;;;/m1.../s1. The van der Waals surface area contributed by atoms with E-state index in [1.807, 2.05) is 142 Å². The summed E-state index contributed by atoms with van der Waals surface area (Å²) in [6.45, 7) is 31.3. The van der Waals surface area contributed by atoms with Gasteiger partial charge in [0.05, 0.1) is 99.4 Å². The third-order valence-corrected chi connectivity index (χ3v) is 25.2. The fourth-order valence-corrected chi connectivity index (χ4v) is 17.4. The summed E-state index contributed by atoms with van der Waals surface area (Å²) >= 11 is 12.2. The number of rotatable bonds is 23. The number of halogens is 3. The number of aliphatic hydroxyl groups is 7. The third-order valence-electron chi connectivity index (χ3n) is 24.7. The van der Waals surface area contributed by atoms with Crippen molar-refractivity contribution in [2.75, 3.05) is 97.5 Å². The van der Waals surface area contributed by atoms with E-state index in [4.69, 9.17) is 71.8 Å². The van der Waals surface area contributed by atoms with E-state index in [1.165, 1.54) is 26.3 Å². The molecule has 20 atom stereocenters. The van der Waals surface area contributed by atoms with E-state index in [1.54, 1.807) is 47.6 Å². The normalized spacial score (nSPS) is 29.5. The molecule has 5 aromatic rings. The minimum absolute atomic E-state index is 0.130. The van der Waals surface area contributed by atoms with E-state index >= 15 is 0 Å². The SMILES string of the molecule is CC(C)N=c1cc2n(-c3ccc(Cl)cc3)c3ccccc3nc-2cc1Nc1ccc(Cl)cc1.CCC(CO)NCCNC(CC)CO.CC[C@H]1OC(=O)[C@H](C)[C@@H](O[C@H]2C[C@@](C)(OC)[C@@H](O)[C@H](C)O2)[C@H](C)[C@@H](O[C@@H]2O[C@H](C)C[C@H](N(C)C)[C@H]2O)[C@](C)(O)C[C@@H](C)CN(C)[C@H](C)[C@@H](O)[C@]1(C)O.O=C(O)c1cn(C2CC2)c2cc(N3CCNCC3)c(F)cc2c1=O. The van der Waals surface area contributed by atoms with Gasteiger partial charge >= 0.3 is 11.9 Å². The van der Waals surface area contributed by atoms with Crippen LogP contribution in [0.25, 0.3) is 39.0 Å². The number of ether oxygens (including phenoxy) is 6. The first-order chi connectivity index (χ1) is 58.2. The molecule has 5 fully saturated rings. The van der Waals surface area contributed by atoms with E-state index in [9.17, 15) is 49.4 Å². The molecule has 2 aliphatic carbocycles. The molecule has 0 bridgehead atoms. The molecular formula is C92H136Cl2FN11O17. The summed E-state index contributed by atoms with van der Waals surface area (Å²) in [4.78, 5) is 53.6. The van der Waals surface area contributed by atoms with Gasteiger partial charge < -0.3 is 114 Å². The molecule has 31 heteroatoms. The molecule has 7 aliphatic rings. The quantitative estimate of drug-likeness (QED) is 0.0161. The molecule has 2 unspecified atom stereocenters. The number of hydrogen-bond donors (Lipinski definition) is 12. The highest BCUT2D eigenvalue weighted by molar-refractivity contribution is 6.31. The molecule has 4 saturated heterocycles. The van der Waals surface area contributed by atoms with Gasteiger partial charge in [-0.05, 0) is 219 Å². The number of anilines is 3. The smallest absolute Gasteiger partial charge is 0.341 e. The summed E-state index contributed by atoms with van der Waals surface area (Å²) in [5, 5.41) is 101. The lowest BCUT2D eigenvalue weighted by Crippen LogP contribution is -2.60. The number of methoxy groups -OCH3 is 1. The van der Waals surface area contributed by atoms with Gasteiger partial charge in [0.1, 0.15) is 41.4 Å². The maximum absolute atomic E-state index is 14.6. The van der Waals surface area contributed by atoms with Crippen molar-refractivity contribution in [2.45, 2.75) is 263 Å². The van der Waals surface area contributed by atoms with Crippen LogP contribution in [0.3, 0.4) is 0 Å². The highest BCUT2D eigenvalue weighted by Crippen LogP contribution is 2.43. The van der Waals surface area contributed by atoms with E-state index in [-0.39, 0.29) is 85.7 Å². The first-order valence-electron chi connectivity index (χ1n) is 43.5. The molecule has 12 rings (SSSR count). The van der Waals surface area contributed by atoms with E-state index in [0.717, 1.165) is 96.7 Å². The second-order valence-corrected chi connectivity index (χ2v) is 36.0. The van der Waals surface area contributed by atoms with E-state index < -0.39 is 113 Å². The molecule has 1 aromatic heterocycles. The lowest BCUT2D eigenvalue weighted by Gasteiger charge is -2.48. The number of esters is 1. The Morgan fingerprint density at radius 2 is 1.43 bits per heavy atom. The zero-order chi connectivity index (χ0) is 90.3. The van der Waals surface area contributed by atoms with Crippen LogP contribution in [-0.4, -0.2) is 272 Å². The largest absolute Gasteiger partial charge is 0.477 e. The predicted molar refractivity (Wildman–Crippen MR) is 479 cm³/mol. The van der Waals surface area contributed by atoms with Crippen molar-refractivity contribution in [3.8, 4) is 17.1 Å². The molecule has 12 N–H and O–H groups in total. The fourth-order valence-electron chi connectivity index (χ4n) is 17.2. The molecule has 6 heterocycles. The second-order valence-electron chi connectivity index (χ2n) is 35.1. The zero-order valence-corrected chi connectivity index (χ0v) is 76.3. The number of pyridine rings is 1. The number of hydrogen-bond acceptors (Lipinski definition) is 25. The average Bonchev–Trinajstić information content (AvgIpc) is 1.73. The highest BCUT2D eigenvalue weighted by Gasteiger charge is 2.53. The molecule has 682 valence electrons. The number of para-hydroxylation sites is 2.